The molecule has 1 fully saturated rings. The van der Waals surface area contributed by atoms with Crippen molar-refractivity contribution < 1.29 is 8.42 Å². The summed E-state index contributed by atoms with van der Waals surface area (Å²) in [5.74, 6) is 1.99. The van der Waals surface area contributed by atoms with Gasteiger partial charge in [0, 0.05) is 28.3 Å². The van der Waals surface area contributed by atoms with Crippen molar-refractivity contribution in [2.45, 2.75) is 24.3 Å². The zero-order valence-electron chi connectivity index (χ0n) is 13.1. The Kier molecular flexibility index (Phi) is 7.05. The van der Waals surface area contributed by atoms with E-state index in [1.807, 2.05) is 31.2 Å². The summed E-state index contributed by atoms with van der Waals surface area (Å²) in [6, 6.07) is 7.69. The van der Waals surface area contributed by atoms with Gasteiger partial charge in [0.2, 0.25) is 0 Å². The van der Waals surface area contributed by atoms with E-state index in [1.54, 1.807) is 11.8 Å². The van der Waals surface area contributed by atoms with Crippen LogP contribution in [0, 0.1) is 0 Å². The topological polar surface area (TPSA) is 70.6 Å². The molecule has 1 atom stereocenters. The first-order valence-corrected chi connectivity index (χ1v) is 10.8. The van der Waals surface area contributed by atoms with Gasteiger partial charge < -0.3 is 10.6 Å². The normalized spacial score (nSPS) is 20.4. The van der Waals surface area contributed by atoms with Crippen LogP contribution in [0.5, 0.6) is 0 Å². The fourth-order valence-electron chi connectivity index (χ4n) is 2.27. The van der Waals surface area contributed by atoms with Gasteiger partial charge in [-0.2, -0.15) is 0 Å². The second-order valence-electron chi connectivity index (χ2n) is 5.31. The lowest BCUT2D eigenvalue weighted by atomic mass is 10.3. The molecule has 1 aliphatic heterocycles. The predicted molar refractivity (Wildman–Crippen MR) is 98.3 cm³/mol. The van der Waals surface area contributed by atoms with E-state index in [4.69, 9.17) is 11.6 Å². The maximum Gasteiger partial charge on any atom is 0.191 e. The van der Waals surface area contributed by atoms with E-state index >= 15 is 0 Å². The Balaban J connectivity index is 1.80. The number of sulfone groups is 1. The summed E-state index contributed by atoms with van der Waals surface area (Å²) in [4.78, 5) is 5.67. The fourth-order valence-corrected chi connectivity index (χ4v) is 4.82. The summed E-state index contributed by atoms with van der Waals surface area (Å²) in [6.07, 6.45) is 0.645. The van der Waals surface area contributed by atoms with Gasteiger partial charge in [0.05, 0.1) is 18.1 Å². The summed E-state index contributed by atoms with van der Waals surface area (Å²) in [7, 11) is -2.88. The van der Waals surface area contributed by atoms with Crippen LogP contribution in [0.2, 0.25) is 5.02 Å². The summed E-state index contributed by atoms with van der Waals surface area (Å²) in [5.41, 5.74) is 0. The third-order valence-electron chi connectivity index (χ3n) is 3.36. The van der Waals surface area contributed by atoms with E-state index < -0.39 is 9.84 Å². The highest BCUT2D eigenvalue weighted by atomic mass is 35.5. The first-order chi connectivity index (χ1) is 11.0. The van der Waals surface area contributed by atoms with Crippen LogP contribution in [0.1, 0.15) is 13.3 Å². The molecule has 0 aliphatic carbocycles. The van der Waals surface area contributed by atoms with Gasteiger partial charge in [-0.3, -0.25) is 4.99 Å². The molecule has 0 aromatic heterocycles. The SMILES string of the molecule is CCNC(=NCCSc1ccc(Cl)cc1)NC1CCS(=O)(=O)C1. The number of benzene rings is 1. The predicted octanol–water partition coefficient (Wildman–Crippen LogP) is 2.17. The molecular formula is C15H22ClN3O2S2. The number of guanidine groups is 1. The number of hydrogen-bond donors (Lipinski definition) is 2. The highest BCUT2D eigenvalue weighted by molar-refractivity contribution is 7.99. The monoisotopic (exact) mass is 375 g/mol. The number of rotatable bonds is 6. The Morgan fingerprint density at radius 3 is 2.74 bits per heavy atom. The molecule has 1 heterocycles. The molecule has 0 radical (unpaired) electrons. The Morgan fingerprint density at radius 2 is 2.13 bits per heavy atom. The van der Waals surface area contributed by atoms with E-state index in [9.17, 15) is 8.42 Å². The van der Waals surface area contributed by atoms with Crippen molar-refractivity contribution in [3.63, 3.8) is 0 Å². The van der Waals surface area contributed by atoms with Gasteiger partial charge in [0.25, 0.3) is 0 Å². The number of hydrogen-bond acceptors (Lipinski definition) is 4. The van der Waals surface area contributed by atoms with Gasteiger partial charge in [-0.15, -0.1) is 11.8 Å². The van der Waals surface area contributed by atoms with Crippen molar-refractivity contribution in [3.05, 3.63) is 29.3 Å². The van der Waals surface area contributed by atoms with E-state index in [-0.39, 0.29) is 17.5 Å². The molecule has 5 nitrogen and oxygen atoms in total. The van der Waals surface area contributed by atoms with Crippen molar-refractivity contribution in [1.82, 2.24) is 10.6 Å². The van der Waals surface area contributed by atoms with Gasteiger partial charge in [0.15, 0.2) is 15.8 Å². The molecule has 2 rings (SSSR count). The van der Waals surface area contributed by atoms with Crippen molar-refractivity contribution >= 4 is 39.2 Å². The van der Waals surface area contributed by atoms with Crippen molar-refractivity contribution in [3.8, 4) is 0 Å². The summed E-state index contributed by atoms with van der Waals surface area (Å²) in [6.45, 7) is 3.39. The minimum absolute atomic E-state index is 0.0401. The second-order valence-corrected chi connectivity index (χ2v) is 9.14. The van der Waals surface area contributed by atoms with Gasteiger partial charge in [0.1, 0.15) is 0 Å². The number of thioether (sulfide) groups is 1. The zero-order valence-corrected chi connectivity index (χ0v) is 15.5. The Bertz CT molecular complexity index is 633. The van der Waals surface area contributed by atoms with Crippen LogP contribution in [0.25, 0.3) is 0 Å². The number of nitrogens with zero attached hydrogens (tertiary/aromatic N) is 1. The molecule has 0 saturated carbocycles. The smallest absolute Gasteiger partial charge is 0.191 e. The molecule has 1 aliphatic rings. The second kappa shape index (κ2) is 8.80. The van der Waals surface area contributed by atoms with Crippen molar-refractivity contribution in [1.29, 1.82) is 0 Å². The van der Waals surface area contributed by atoms with E-state index in [0.29, 0.717) is 18.9 Å². The lowest BCUT2D eigenvalue weighted by molar-refractivity contribution is 0.599. The van der Waals surface area contributed by atoms with Gasteiger partial charge in [-0.25, -0.2) is 8.42 Å². The first kappa shape index (κ1) is 18.4. The zero-order chi connectivity index (χ0) is 16.7. The Labute approximate surface area is 147 Å². The maximum absolute atomic E-state index is 11.5. The molecule has 0 amide bonds. The average Bonchev–Trinajstić information content (AvgIpc) is 2.84. The molecule has 8 heteroatoms. The molecule has 0 bridgehead atoms. The molecule has 23 heavy (non-hydrogen) atoms. The third kappa shape index (κ3) is 6.61. The van der Waals surface area contributed by atoms with Crippen LogP contribution in [0.3, 0.4) is 0 Å². The lowest BCUT2D eigenvalue weighted by Gasteiger charge is -2.15. The minimum Gasteiger partial charge on any atom is -0.357 e. The molecule has 1 unspecified atom stereocenters. The quantitative estimate of drug-likeness (QED) is 0.345. The highest BCUT2D eigenvalue weighted by Crippen LogP contribution is 2.19. The molecular weight excluding hydrogens is 354 g/mol. The largest absolute Gasteiger partial charge is 0.357 e. The van der Waals surface area contributed by atoms with Crippen molar-refractivity contribution in [2.75, 3.05) is 30.3 Å². The lowest BCUT2D eigenvalue weighted by Crippen LogP contribution is -2.44. The minimum atomic E-state index is -2.88. The summed E-state index contributed by atoms with van der Waals surface area (Å²) >= 11 is 7.57. The van der Waals surface area contributed by atoms with Crippen LogP contribution >= 0.6 is 23.4 Å². The third-order valence-corrected chi connectivity index (χ3v) is 6.37. The van der Waals surface area contributed by atoms with Crippen LogP contribution < -0.4 is 10.6 Å². The van der Waals surface area contributed by atoms with Crippen LogP contribution in [-0.2, 0) is 9.84 Å². The van der Waals surface area contributed by atoms with Crippen LogP contribution in [0.15, 0.2) is 34.2 Å². The van der Waals surface area contributed by atoms with Crippen LogP contribution in [0.4, 0.5) is 0 Å². The van der Waals surface area contributed by atoms with Crippen molar-refractivity contribution in [2.24, 2.45) is 4.99 Å². The molecule has 1 saturated heterocycles. The summed E-state index contributed by atoms with van der Waals surface area (Å²) < 4.78 is 23.0. The Morgan fingerprint density at radius 1 is 1.39 bits per heavy atom. The van der Waals surface area contributed by atoms with E-state index in [2.05, 4.69) is 15.6 Å². The molecule has 1 aromatic carbocycles. The summed E-state index contributed by atoms with van der Waals surface area (Å²) in [5, 5.41) is 7.11. The molecule has 0 spiro atoms. The fraction of sp³-hybridized carbons (Fsp3) is 0.533. The number of halogens is 1. The number of nitrogens with one attached hydrogen (secondary N) is 2. The van der Waals surface area contributed by atoms with E-state index in [1.165, 1.54) is 0 Å². The molecule has 128 valence electrons. The molecule has 2 N–H and O–H groups in total. The standard InChI is InChI=1S/C15H22ClN3O2S2/c1-2-17-15(19-13-7-10-23(20,21)11-13)18-8-9-22-14-5-3-12(16)4-6-14/h3-6,13H,2,7-11H2,1H3,(H2,17,18,19). The van der Waals surface area contributed by atoms with Gasteiger partial charge >= 0.3 is 0 Å². The van der Waals surface area contributed by atoms with E-state index in [0.717, 1.165) is 22.2 Å². The first-order valence-electron chi connectivity index (χ1n) is 7.62. The average molecular weight is 376 g/mol. The Hall–Kier alpha value is -0.920. The highest BCUT2D eigenvalue weighted by Gasteiger charge is 2.28. The van der Waals surface area contributed by atoms with Gasteiger partial charge in [-0.05, 0) is 37.6 Å². The number of aliphatic imine (C=N–C) groups is 1. The van der Waals surface area contributed by atoms with Crippen LogP contribution in [-0.4, -0.2) is 50.8 Å². The molecule has 1 aromatic rings. The maximum atomic E-state index is 11.5. The van der Waals surface area contributed by atoms with Gasteiger partial charge in [-0.1, -0.05) is 11.6 Å².